The highest BCUT2D eigenvalue weighted by atomic mass is 32.2. The molecule has 0 bridgehead atoms. The normalized spacial score (nSPS) is 15.6. The second kappa shape index (κ2) is 6.59. The Hall–Kier alpha value is -3.05. The van der Waals surface area contributed by atoms with E-state index in [1.807, 2.05) is 60.7 Å². The van der Waals surface area contributed by atoms with Crippen LogP contribution in [0.15, 0.2) is 82.1 Å². The molecule has 5 rings (SSSR count). The van der Waals surface area contributed by atoms with Gasteiger partial charge in [0, 0.05) is 16.1 Å². The average molecular weight is 372 g/mol. The lowest BCUT2D eigenvalue weighted by molar-refractivity contribution is -0.115. The molecule has 1 aliphatic heterocycles. The predicted octanol–water partition coefficient (Wildman–Crippen LogP) is 5.15. The lowest BCUT2D eigenvalue weighted by Gasteiger charge is -2.10. The van der Waals surface area contributed by atoms with Gasteiger partial charge in [0.2, 0.25) is 11.8 Å². The molecule has 27 heavy (non-hydrogen) atoms. The van der Waals surface area contributed by atoms with E-state index < -0.39 is 0 Å². The van der Waals surface area contributed by atoms with E-state index in [1.165, 1.54) is 10.5 Å². The summed E-state index contributed by atoms with van der Waals surface area (Å²) in [6, 6.07) is 23.5. The van der Waals surface area contributed by atoms with E-state index in [9.17, 15) is 4.79 Å². The molecule has 0 radical (unpaired) electrons. The van der Waals surface area contributed by atoms with Gasteiger partial charge in [0.1, 0.15) is 5.52 Å². The highest BCUT2D eigenvalue weighted by Gasteiger charge is 2.27. The molecule has 0 spiro atoms. The maximum atomic E-state index is 12.6. The van der Waals surface area contributed by atoms with Crippen LogP contribution in [-0.4, -0.2) is 16.1 Å². The molecule has 1 aliphatic rings. The number of hydrogen-bond donors (Lipinski definition) is 1. The lowest BCUT2D eigenvalue weighted by Crippen LogP contribution is -2.24. The van der Waals surface area contributed by atoms with E-state index in [-0.39, 0.29) is 11.2 Å². The fraction of sp³-hybridized carbons (Fsp3) is 0.0909. The number of carbonyl (C=O) groups is 1. The fourth-order valence-electron chi connectivity index (χ4n) is 3.24. The largest absolute Gasteiger partial charge is 0.436 e. The zero-order valence-electron chi connectivity index (χ0n) is 14.4. The Bertz CT molecular complexity index is 1080. The van der Waals surface area contributed by atoms with E-state index >= 15 is 0 Å². The average Bonchev–Trinajstić information content (AvgIpc) is 3.32. The van der Waals surface area contributed by atoms with Gasteiger partial charge in [-0.05, 0) is 54.4 Å². The van der Waals surface area contributed by atoms with Crippen molar-refractivity contribution in [3.05, 3.63) is 78.4 Å². The fourth-order valence-corrected chi connectivity index (χ4v) is 4.44. The number of oxazole rings is 1. The maximum absolute atomic E-state index is 12.6. The number of rotatable bonds is 3. The summed E-state index contributed by atoms with van der Waals surface area (Å²) in [5, 5.41) is 2.93. The zero-order chi connectivity index (χ0) is 18.2. The van der Waals surface area contributed by atoms with Crippen molar-refractivity contribution in [3.63, 3.8) is 0 Å². The standard InChI is InChI=1S/C22H16N2O2S/c25-21(20-13-15-5-1-4-8-19(15)27-20)23-16-11-9-14(10-12-16)22-24-17-6-2-3-7-18(17)26-22/h1-12,20H,13H2,(H,23,25). The molecule has 1 unspecified atom stereocenters. The summed E-state index contributed by atoms with van der Waals surface area (Å²) in [4.78, 5) is 18.3. The Morgan fingerprint density at radius 2 is 1.78 bits per heavy atom. The van der Waals surface area contributed by atoms with Crippen LogP contribution in [0.1, 0.15) is 5.56 Å². The molecular weight excluding hydrogens is 356 g/mol. The van der Waals surface area contributed by atoms with E-state index in [0.717, 1.165) is 28.8 Å². The zero-order valence-corrected chi connectivity index (χ0v) is 15.2. The highest BCUT2D eigenvalue weighted by Crippen LogP contribution is 2.37. The third kappa shape index (κ3) is 3.11. The van der Waals surface area contributed by atoms with Crippen LogP contribution in [0.25, 0.3) is 22.6 Å². The SMILES string of the molecule is O=C(Nc1ccc(-c2nc3ccccc3o2)cc1)C1Cc2ccccc2S1. The second-order valence-electron chi connectivity index (χ2n) is 6.47. The number of para-hydroxylation sites is 2. The van der Waals surface area contributed by atoms with Crippen molar-refractivity contribution in [2.75, 3.05) is 5.32 Å². The van der Waals surface area contributed by atoms with E-state index in [2.05, 4.69) is 22.4 Å². The molecule has 1 amide bonds. The van der Waals surface area contributed by atoms with Crippen molar-refractivity contribution in [1.82, 2.24) is 4.98 Å². The summed E-state index contributed by atoms with van der Waals surface area (Å²) in [7, 11) is 0. The molecule has 3 aromatic carbocycles. The number of nitrogens with one attached hydrogen (secondary N) is 1. The van der Waals surface area contributed by atoms with E-state index in [1.54, 1.807) is 11.8 Å². The van der Waals surface area contributed by atoms with Gasteiger partial charge < -0.3 is 9.73 Å². The van der Waals surface area contributed by atoms with Crippen LogP contribution in [0.2, 0.25) is 0 Å². The number of fused-ring (bicyclic) bond motifs is 2. The van der Waals surface area contributed by atoms with Crippen molar-refractivity contribution in [2.24, 2.45) is 0 Å². The number of amides is 1. The first-order valence-corrected chi connectivity index (χ1v) is 9.66. The van der Waals surface area contributed by atoms with Gasteiger partial charge in [-0.2, -0.15) is 0 Å². The number of hydrogen-bond acceptors (Lipinski definition) is 4. The second-order valence-corrected chi connectivity index (χ2v) is 7.72. The van der Waals surface area contributed by atoms with Crippen molar-refractivity contribution in [2.45, 2.75) is 16.6 Å². The summed E-state index contributed by atoms with van der Waals surface area (Å²) in [6.07, 6.45) is 0.771. The Labute approximate surface area is 160 Å². The van der Waals surface area contributed by atoms with Crippen LogP contribution in [0, 0.1) is 0 Å². The summed E-state index contributed by atoms with van der Waals surface area (Å²) >= 11 is 1.63. The Morgan fingerprint density at radius 3 is 2.59 bits per heavy atom. The number of carbonyl (C=O) groups excluding carboxylic acids is 1. The number of aromatic nitrogens is 1. The maximum Gasteiger partial charge on any atom is 0.238 e. The molecule has 0 saturated carbocycles. The van der Waals surface area contributed by atoms with Crippen LogP contribution >= 0.6 is 11.8 Å². The smallest absolute Gasteiger partial charge is 0.238 e. The van der Waals surface area contributed by atoms with Crippen molar-refractivity contribution < 1.29 is 9.21 Å². The summed E-state index contributed by atoms with van der Waals surface area (Å²) in [6.45, 7) is 0. The first-order valence-electron chi connectivity index (χ1n) is 8.78. The van der Waals surface area contributed by atoms with Crippen LogP contribution in [0.4, 0.5) is 5.69 Å². The highest BCUT2D eigenvalue weighted by molar-refractivity contribution is 8.01. The molecule has 4 nitrogen and oxygen atoms in total. The summed E-state index contributed by atoms with van der Waals surface area (Å²) in [5.74, 6) is 0.613. The minimum Gasteiger partial charge on any atom is -0.436 e. The monoisotopic (exact) mass is 372 g/mol. The van der Waals surface area contributed by atoms with Gasteiger partial charge in [-0.25, -0.2) is 4.98 Å². The van der Waals surface area contributed by atoms with Crippen LogP contribution < -0.4 is 5.32 Å². The predicted molar refractivity (Wildman–Crippen MR) is 108 cm³/mol. The van der Waals surface area contributed by atoms with Crippen LogP contribution in [-0.2, 0) is 11.2 Å². The quantitative estimate of drug-likeness (QED) is 0.540. The van der Waals surface area contributed by atoms with Gasteiger partial charge in [0.15, 0.2) is 5.58 Å². The Morgan fingerprint density at radius 1 is 1.00 bits per heavy atom. The first-order chi connectivity index (χ1) is 13.3. The Kier molecular flexibility index (Phi) is 3.94. The summed E-state index contributed by atoms with van der Waals surface area (Å²) in [5.41, 5.74) is 4.50. The molecular formula is C22H16N2O2S. The summed E-state index contributed by atoms with van der Waals surface area (Å²) < 4.78 is 5.79. The molecule has 1 atom stereocenters. The molecule has 0 saturated heterocycles. The molecule has 132 valence electrons. The van der Waals surface area contributed by atoms with Crippen LogP contribution in [0.5, 0.6) is 0 Å². The third-order valence-electron chi connectivity index (χ3n) is 4.63. The molecule has 5 heteroatoms. The minimum atomic E-state index is -0.0842. The number of thioether (sulfide) groups is 1. The number of anilines is 1. The van der Waals surface area contributed by atoms with Gasteiger partial charge in [0.25, 0.3) is 0 Å². The van der Waals surface area contributed by atoms with Crippen LogP contribution in [0.3, 0.4) is 0 Å². The topological polar surface area (TPSA) is 55.1 Å². The van der Waals surface area contributed by atoms with Gasteiger partial charge in [-0.15, -0.1) is 11.8 Å². The van der Waals surface area contributed by atoms with Crippen molar-refractivity contribution in [1.29, 1.82) is 0 Å². The number of nitrogens with zero attached hydrogens (tertiary/aromatic N) is 1. The third-order valence-corrected chi connectivity index (χ3v) is 5.95. The van der Waals surface area contributed by atoms with Gasteiger partial charge in [0.05, 0.1) is 5.25 Å². The minimum absolute atomic E-state index is 0.0332. The number of benzene rings is 3. The van der Waals surface area contributed by atoms with Gasteiger partial charge >= 0.3 is 0 Å². The Balaban J connectivity index is 1.30. The van der Waals surface area contributed by atoms with Gasteiger partial charge in [-0.1, -0.05) is 30.3 Å². The van der Waals surface area contributed by atoms with E-state index in [0.29, 0.717) is 5.89 Å². The van der Waals surface area contributed by atoms with Gasteiger partial charge in [-0.3, -0.25) is 4.79 Å². The molecule has 4 aromatic rings. The van der Waals surface area contributed by atoms with E-state index in [4.69, 9.17) is 4.42 Å². The molecule has 2 heterocycles. The molecule has 1 aromatic heterocycles. The first kappa shape index (κ1) is 16.1. The molecule has 1 N–H and O–H groups in total. The lowest BCUT2D eigenvalue weighted by atomic mass is 10.1. The van der Waals surface area contributed by atoms with Crippen molar-refractivity contribution >= 4 is 34.5 Å². The molecule has 0 fully saturated rings. The molecule has 0 aliphatic carbocycles. The van der Waals surface area contributed by atoms with Crippen molar-refractivity contribution in [3.8, 4) is 11.5 Å².